The molecule has 104 valence electrons. The van der Waals surface area contributed by atoms with Crippen molar-refractivity contribution < 1.29 is 9.84 Å². The third-order valence-corrected chi connectivity index (χ3v) is 2.65. The number of ether oxygens (including phenoxy) is 1. The number of aromatic nitrogens is 4. The fourth-order valence-corrected chi connectivity index (χ4v) is 1.77. The molecule has 0 fully saturated rings. The summed E-state index contributed by atoms with van der Waals surface area (Å²) < 4.78 is 5.06. The summed E-state index contributed by atoms with van der Waals surface area (Å²) in [6.45, 7) is 1.57. The number of fused-ring (bicyclic) bond motifs is 1. The standard InChI is InChI=1S/C10H17N7O2/c1-19-5-3-17(2-4-18)9-7-6-12-16-8(7)13-10(14-9)15-11/h6,18H,2-5,11H2,1H3,(H2,12,13,14,15,16). The zero-order valence-corrected chi connectivity index (χ0v) is 10.6. The molecule has 9 nitrogen and oxygen atoms in total. The molecular formula is C10H17N7O2. The summed E-state index contributed by atoms with van der Waals surface area (Å²) in [5, 5.41) is 16.6. The van der Waals surface area contributed by atoms with Gasteiger partial charge in [0.2, 0.25) is 5.95 Å². The van der Waals surface area contributed by atoms with Gasteiger partial charge >= 0.3 is 0 Å². The number of nitrogens with zero attached hydrogens (tertiary/aromatic N) is 4. The van der Waals surface area contributed by atoms with E-state index in [9.17, 15) is 0 Å². The molecule has 0 aliphatic carbocycles. The number of hydrogen-bond acceptors (Lipinski definition) is 8. The fourth-order valence-electron chi connectivity index (χ4n) is 1.77. The van der Waals surface area contributed by atoms with Crippen LogP contribution in [0.25, 0.3) is 11.0 Å². The number of anilines is 2. The van der Waals surface area contributed by atoms with Gasteiger partial charge in [0.15, 0.2) is 5.65 Å². The summed E-state index contributed by atoms with van der Waals surface area (Å²) in [4.78, 5) is 10.4. The van der Waals surface area contributed by atoms with Gasteiger partial charge in [-0.25, -0.2) is 5.84 Å². The van der Waals surface area contributed by atoms with Crippen molar-refractivity contribution in [2.75, 3.05) is 43.7 Å². The number of aromatic amines is 1. The van der Waals surface area contributed by atoms with Gasteiger partial charge in [-0.15, -0.1) is 0 Å². The second-order valence-corrected chi connectivity index (χ2v) is 3.85. The Morgan fingerprint density at radius 3 is 3.00 bits per heavy atom. The lowest BCUT2D eigenvalue weighted by molar-refractivity contribution is 0.202. The van der Waals surface area contributed by atoms with E-state index in [1.54, 1.807) is 13.3 Å². The Kier molecular flexibility index (Phi) is 4.44. The van der Waals surface area contributed by atoms with E-state index in [1.165, 1.54) is 0 Å². The van der Waals surface area contributed by atoms with Crippen LogP contribution in [0.15, 0.2) is 6.20 Å². The highest BCUT2D eigenvalue weighted by Gasteiger charge is 2.15. The SMILES string of the molecule is COCCN(CCO)c1nc(NN)nc2[nH]ncc12. The van der Waals surface area contributed by atoms with Gasteiger partial charge in [-0.05, 0) is 0 Å². The first-order valence-corrected chi connectivity index (χ1v) is 5.82. The van der Waals surface area contributed by atoms with Crippen molar-refractivity contribution in [1.29, 1.82) is 0 Å². The summed E-state index contributed by atoms with van der Waals surface area (Å²) in [5.41, 5.74) is 2.99. The Morgan fingerprint density at radius 1 is 1.47 bits per heavy atom. The van der Waals surface area contributed by atoms with Crippen molar-refractivity contribution in [3.8, 4) is 0 Å². The van der Waals surface area contributed by atoms with Crippen LogP contribution in [0.3, 0.4) is 0 Å². The number of hydrazine groups is 1. The molecule has 2 aromatic rings. The number of hydrogen-bond donors (Lipinski definition) is 4. The van der Waals surface area contributed by atoms with E-state index in [1.807, 2.05) is 4.90 Å². The van der Waals surface area contributed by atoms with Crippen LogP contribution in [0.5, 0.6) is 0 Å². The van der Waals surface area contributed by atoms with Crippen LogP contribution in [0.1, 0.15) is 0 Å². The topological polar surface area (TPSA) is 125 Å². The summed E-state index contributed by atoms with van der Waals surface area (Å²) in [7, 11) is 1.62. The predicted octanol–water partition coefficient (Wildman–Crippen LogP) is -0.916. The van der Waals surface area contributed by atoms with Gasteiger partial charge in [-0.2, -0.15) is 15.1 Å². The normalized spacial score (nSPS) is 10.9. The number of aliphatic hydroxyl groups is 1. The number of methoxy groups -OCH3 is 1. The Bertz CT molecular complexity index is 530. The number of aliphatic hydroxyl groups excluding tert-OH is 1. The first-order valence-electron chi connectivity index (χ1n) is 5.82. The van der Waals surface area contributed by atoms with Gasteiger partial charge in [-0.1, -0.05) is 0 Å². The molecule has 0 saturated carbocycles. The van der Waals surface area contributed by atoms with E-state index < -0.39 is 0 Å². The van der Waals surface area contributed by atoms with E-state index >= 15 is 0 Å². The molecule has 2 heterocycles. The molecule has 0 bridgehead atoms. The number of nitrogens with two attached hydrogens (primary N) is 1. The molecule has 0 aliphatic heterocycles. The van der Waals surface area contributed by atoms with Crippen molar-refractivity contribution in [2.45, 2.75) is 0 Å². The molecule has 0 saturated heterocycles. The van der Waals surface area contributed by atoms with Crippen LogP contribution in [-0.2, 0) is 4.74 Å². The largest absolute Gasteiger partial charge is 0.395 e. The second-order valence-electron chi connectivity index (χ2n) is 3.85. The van der Waals surface area contributed by atoms with E-state index in [0.717, 1.165) is 5.39 Å². The summed E-state index contributed by atoms with van der Waals surface area (Å²) in [6.07, 6.45) is 1.64. The van der Waals surface area contributed by atoms with E-state index in [-0.39, 0.29) is 12.6 Å². The number of H-pyrrole nitrogens is 1. The van der Waals surface area contributed by atoms with Gasteiger partial charge < -0.3 is 14.7 Å². The second kappa shape index (κ2) is 6.27. The maximum absolute atomic E-state index is 9.16. The van der Waals surface area contributed by atoms with E-state index in [4.69, 9.17) is 15.7 Å². The zero-order chi connectivity index (χ0) is 13.7. The van der Waals surface area contributed by atoms with Crippen molar-refractivity contribution >= 4 is 22.8 Å². The molecule has 9 heteroatoms. The zero-order valence-electron chi connectivity index (χ0n) is 10.6. The summed E-state index contributed by atoms with van der Waals surface area (Å²) in [5.74, 6) is 6.29. The van der Waals surface area contributed by atoms with Crippen molar-refractivity contribution in [3.63, 3.8) is 0 Å². The molecule has 0 amide bonds. The van der Waals surface area contributed by atoms with Crippen LogP contribution >= 0.6 is 0 Å². The lowest BCUT2D eigenvalue weighted by Gasteiger charge is -2.23. The van der Waals surface area contributed by atoms with Crippen LogP contribution in [0.2, 0.25) is 0 Å². The van der Waals surface area contributed by atoms with Gasteiger partial charge in [0.05, 0.1) is 24.8 Å². The highest BCUT2D eigenvalue weighted by molar-refractivity contribution is 5.87. The molecule has 0 spiro atoms. The van der Waals surface area contributed by atoms with Crippen molar-refractivity contribution in [3.05, 3.63) is 6.20 Å². The molecule has 0 radical (unpaired) electrons. The van der Waals surface area contributed by atoms with Crippen molar-refractivity contribution in [2.24, 2.45) is 5.84 Å². The minimum atomic E-state index is 0.0124. The van der Waals surface area contributed by atoms with Crippen molar-refractivity contribution in [1.82, 2.24) is 20.2 Å². The maximum atomic E-state index is 9.16. The van der Waals surface area contributed by atoms with E-state index in [2.05, 4.69) is 25.6 Å². The quantitative estimate of drug-likeness (QED) is 0.375. The summed E-state index contributed by atoms with van der Waals surface area (Å²) >= 11 is 0. The first kappa shape index (κ1) is 13.5. The molecule has 2 aromatic heterocycles. The smallest absolute Gasteiger partial charge is 0.241 e. The van der Waals surface area contributed by atoms with Gasteiger partial charge in [0, 0.05) is 20.2 Å². The Labute approximate surface area is 109 Å². The Hall–Kier alpha value is -1.97. The number of nitrogen functional groups attached to an aromatic ring is 1. The first-order chi connectivity index (χ1) is 9.30. The molecule has 19 heavy (non-hydrogen) atoms. The van der Waals surface area contributed by atoms with Gasteiger partial charge in [-0.3, -0.25) is 10.5 Å². The molecule has 5 N–H and O–H groups in total. The number of rotatable bonds is 7. The van der Waals surface area contributed by atoms with Gasteiger partial charge in [0.25, 0.3) is 0 Å². The van der Waals surface area contributed by atoms with Crippen LogP contribution in [0.4, 0.5) is 11.8 Å². The highest BCUT2D eigenvalue weighted by atomic mass is 16.5. The molecular weight excluding hydrogens is 250 g/mol. The third-order valence-electron chi connectivity index (χ3n) is 2.65. The molecule has 0 unspecified atom stereocenters. The van der Waals surface area contributed by atoms with E-state index in [0.29, 0.717) is 31.2 Å². The minimum Gasteiger partial charge on any atom is -0.395 e. The van der Waals surface area contributed by atoms with Gasteiger partial charge in [0.1, 0.15) is 5.82 Å². The fraction of sp³-hybridized carbons (Fsp3) is 0.500. The lowest BCUT2D eigenvalue weighted by atomic mass is 10.3. The summed E-state index contributed by atoms with van der Waals surface area (Å²) in [6, 6.07) is 0. The number of nitrogens with one attached hydrogen (secondary N) is 2. The average molecular weight is 267 g/mol. The Balaban J connectivity index is 2.40. The Morgan fingerprint density at radius 2 is 2.32 bits per heavy atom. The molecule has 0 aromatic carbocycles. The van der Waals surface area contributed by atoms with Crippen LogP contribution < -0.4 is 16.2 Å². The monoisotopic (exact) mass is 267 g/mol. The predicted molar refractivity (Wildman–Crippen MR) is 70.7 cm³/mol. The minimum absolute atomic E-state index is 0.0124. The third kappa shape index (κ3) is 2.89. The molecule has 0 atom stereocenters. The van der Waals surface area contributed by atoms with Crippen LogP contribution in [0, 0.1) is 0 Å². The molecule has 2 rings (SSSR count). The lowest BCUT2D eigenvalue weighted by Crippen LogP contribution is -2.31. The molecule has 0 aliphatic rings. The highest BCUT2D eigenvalue weighted by Crippen LogP contribution is 2.23. The maximum Gasteiger partial charge on any atom is 0.241 e. The average Bonchev–Trinajstić information content (AvgIpc) is 2.90. The van der Waals surface area contributed by atoms with Crippen LogP contribution in [-0.4, -0.2) is 58.7 Å².